The van der Waals surface area contributed by atoms with Crippen molar-refractivity contribution in [3.05, 3.63) is 39.9 Å². The van der Waals surface area contributed by atoms with Gasteiger partial charge in [-0.3, -0.25) is 10.1 Å². The molecule has 2 N–H and O–H groups in total. The highest BCUT2D eigenvalue weighted by atomic mass is 32.2. The first-order valence-corrected chi connectivity index (χ1v) is 7.31. The summed E-state index contributed by atoms with van der Waals surface area (Å²) in [4.78, 5) is 10.2. The third-order valence-electron chi connectivity index (χ3n) is 2.50. The Kier molecular flexibility index (Phi) is 5.40. The lowest BCUT2D eigenvalue weighted by molar-refractivity contribution is -0.385. The lowest BCUT2D eigenvalue weighted by Crippen LogP contribution is -2.30. The van der Waals surface area contributed by atoms with E-state index in [-0.39, 0.29) is 30.3 Å². The number of aliphatic hydroxyl groups is 1. The number of sulfonamides is 1. The fraction of sp³-hybridized carbons (Fsp3) is 0.455. The smallest absolute Gasteiger partial charge is 0.273 e. The van der Waals surface area contributed by atoms with E-state index in [0.29, 0.717) is 0 Å². The summed E-state index contributed by atoms with van der Waals surface area (Å²) in [5, 5.41) is 19.6. The molecule has 0 saturated carbocycles. The van der Waals surface area contributed by atoms with E-state index in [9.17, 15) is 18.5 Å². The van der Waals surface area contributed by atoms with Crippen LogP contribution < -0.4 is 4.72 Å². The number of hydrogen-bond acceptors (Lipinski definition) is 5. The molecular formula is C11H16N2O5S. The number of aliphatic hydroxyl groups excluding tert-OH is 1. The normalized spacial score (nSPS) is 13.2. The Labute approximate surface area is 111 Å². The highest BCUT2D eigenvalue weighted by Gasteiger charge is 2.19. The second kappa shape index (κ2) is 6.60. The van der Waals surface area contributed by atoms with E-state index in [2.05, 4.69) is 4.72 Å². The molecule has 0 fully saturated rings. The van der Waals surface area contributed by atoms with Gasteiger partial charge in [0.1, 0.15) is 0 Å². The van der Waals surface area contributed by atoms with E-state index in [0.717, 1.165) is 0 Å². The van der Waals surface area contributed by atoms with E-state index in [1.54, 1.807) is 13.0 Å². The fourth-order valence-electron chi connectivity index (χ4n) is 1.40. The molecule has 0 amide bonds. The van der Waals surface area contributed by atoms with Crippen LogP contribution in [0.3, 0.4) is 0 Å². The Morgan fingerprint density at radius 2 is 2.05 bits per heavy atom. The van der Waals surface area contributed by atoms with Crippen LogP contribution in [0.1, 0.15) is 12.5 Å². The van der Waals surface area contributed by atoms with Crippen LogP contribution in [-0.2, 0) is 15.8 Å². The predicted octanol–water partition coefficient (Wildman–Crippen LogP) is 0.643. The highest BCUT2D eigenvalue weighted by molar-refractivity contribution is 7.88. The zero-order chi connectivity index (χ0) is 14.5. The third kappa shape index (κ3) is 4.93. The summed E-state index contributed by atoms with van der Waals surface area (Å²) in [5.41, 5.74) is -0.0836. The lowest BCUT2D eigenvalue weighted by atomic mass is 10.2. The maximum atomic E-state index is 11.8. The maximum absolute atomic E-state index is 11.8. The summed E-state index contributed by atoms with van der Waals surface area (Å²) < 4.78 is 25.9. The number of nitro groups is 1. The van der Waals surface area contributed by atoms with Crippen molar-refractivity contribution < 1.29 is 18.4 Å². The number of hydrogen-bond donors (Lipinski definition) is 2. The Morgan fingerprint density at radius 3 is 2.63 bits per heavy atom. The van der Waals surface area contributed by atoms with E-state index in [1.807, 2.05) is 0 Å². The lowest BCUT2D eigenvalue weighted by Gasteiger charge is -2.10. The van der Waals surface area contributed by atoms with Crippen LogP contribution in [0.15, 0.2) is 24.3 Å². The van der Waals surface area contributed by atoms with Crippen LogP contribution in [0, 0.1) is 16.0 Å². The Bertz CT molecular complexity index is 544. The van der Waals surface area contributed by atoms with Crippen molar-refractivity contribution in [3.63, 3.8) is 0 Å². The van der Waals surface area contributed by atoms with E-state index < -0.39 is 20.7 Å². The number of rotatable bonds is 7. The van der Waals surface area contributed by atoms with Gasteiger partial charge in [-0.15, -0.1) is 0 Å². The Hall–Kier alpha value is -1.51. The minimum Gasteiger partial charge on any atom is -0.396 e. The van der Waals surface area contributed by atoms with Crippen LogP contribution in [-0.4, -0.2) is 31.6 Å². The minimum absolute atomic E-state index is 0.0967. The molecule has 0 bridgehead atoms. The molecule has 0 radical (unpaired) electrons. The zero-order valence-electron chi connectivity index (χ0n) is 10.4. The van der Waals surface area contributed by atoms with Crippen molar-refractivity contribution in [3.8, 4) is 0 Å². The van der Waals surface area contributed by atoms with Gasteiger partial charge in [-0.2, -0.15) is 0 Å². The van der Waals surface area contributed by atoms with E-state index in [4.69, 9.17) is 5.11 Å². The molecule has 0 heterocycles. The van der Waals surface area contributed by atoms with Crippen molar-refractivity contribution in [2.75, 3.05) is 13.2 Å². The fourth-order valence-corrected chi connectivity index (χ4v) is 2.69. The number of nitrogens with zero attached hydrogens (tertiary/aromatic N) is 1. The predicted molar refractivity (Wildman–Crippen MR) is 70.0 cm³/mol. The standard InChI is InChI=1S/C11H16N2O5S/c1-9(7-14)6-12-19(17,18)8-10-4-2-3-5-11(10)13(15)16/h2-5,9,12,14H,6-8H2,1H3. The molecule has 1 aromatic carbocycles. The Morgan fingerprint density at radius 1 is 1.42 bits per heavy atom. The van der Waals surface area contributed by atoms with Gasteiger partial charge in [-0.05, 0) is 5.92 Å². The molecule has 1 aromatic rings. The average molecular weight is 288 g/mol. The zero-order valence-corrected chi connectivity index (χ0v) is 11.3. The van der Waals surface area contributed by atoms with Gasteiger partial charge in [-0.25, -0.2) is 13.1 Å². The molecule has 0 aromatic heterocycles. The molecule has 1 atom stereocenters. The molecule has 8 heteroatoms. The summed E-state index contributed by atoms with van der Waals surface area (Å²) in [6.45, 7) is 1.65. The van der Waals surface area contributed by atoms with Gasteiger partial charge in [0, 0.05) is 24.8 Å². The molecule has 0 aliphatic rings. The van der Waals surface area contributed by atoms with Crippen LogP contribution in [0.25, 0.3) is 0 Å². The van der Waals surface area contributed by atoms with Crippen LogP contribution in [0.2, 0.25) is 0 Å². The first kappa shape index (κ1) is 15.5. The molecule has 0 aliphatic carbocycles. The van der Waals surface area contributed by atoms with Gasteiger partial charge in [0.25, 0.3) is 5.69 Å². The van der Waals surface area contributed by atoms with Gasteiger partial charge < -0.3 is 5.11 Å². The van der Waals surface area contributed by atoms with Crippen molar-refractivity contribution in [2.45, 2.75) is 12.7 Å². The number of para-hydroxylation sites is 1. The van der Waals surface area contributed by atoms with Gasteiger partial charge in [0.15, 0.2) is 0 Å². The maximum Gasteiger partial charge on any atom is 0.273 e. The summed E-state index contributed by atoms with van der Waals surface area (Å²) in [5.74, 6) is -0.664. The summed E-state index contributed by atoms with van der Waals surface area (Å²) in [6.07, 6.45) is 0. The van der Waals surface area contributed by atoms with E-state index in [1.165, 1.54) is 18.2 Å². The van der Waals surface area contributed by atoms with Crippen LogP contribution in [0.4, 0.5) is 5.69 Å². The minimum atomic E-state index is -3.66. The molecule has 1 unspecified atom stereocenters. The van der Waals surface area contributed by atoms with Crippen molar-refractivity contribution in [2.24, 2.45) is 5.92 Å². The SMILES string of the molecule is CC(CO)CNS(=O)(=O)Cc1ccccc1[N+](=O)[O-]. The van der Waals surface area contributed by atoms with Crippen molar-refractivity contribution in [1.29, 1.82) is 0 Å². The topological polar surface area (TPSA) is 110 Å². The summed E-state index contributed by atoms with van der Waals surface area (Å²) in [6, 6.07) is 5.71. The van der Waals surface area contributed by atoms with Gasteiger partial charge in [0.2, 0.25) is 10.0 Å². The first-order chi connectivity index (χ1) is 8.85. The largest absolute Gasteiger partial charge is 0.396 e. The molecule has 7 nitrogen and oxygen atoms in total. The van der Waals surface area contributed by atoms with Gasteiger partial charge in [0.05, 0.1) is 10.7 Å². The van der Waals surface area contributed by atoms with Gasteiger partial charge >= 0.3 is 0 Å². The average Bonchev–Trinajstić information content (AvgIpc) is 2.36. The second-order valence-corrected chi connectivity index (χ2v) is 6.09. The molecule has 0 aliphatic heterocycles. The summed E-state index contributed by atoms with van der Waals surface area (Å²) in [7, 11) is -3.66. The highest BCUT2D eigenvalue weighted by Crippen LogP contribution is 2.19. The molecule has 106 valence electrons. The Balaban J connectivity index is 2.81. The second-order valence-electron chi connectivity index (χ2n) is 4.28. The number of nitro benzene ring substituents is 1. The van der Waals surface area contributed by atoms with Crippen molar-refractivity contribution >= 4 is 15.7 Å². The van der Waals surface area contributed by atoms with E-state index >= 15 is 0 Å². The number of nitrogens with one attached hydrogen (secondary N) is 1. The molecule has 0 saturated heterocycles. The molecular weight excluding hydrogens is 272 g/mol. The monoisotopic (exact) mass is 288 g/mol. The summed E-state index contributed by atoms with van der Waals surface area (Å²) >= 11 is 0. The molecule has 19 heavy (non-hydrogen) atoms. The first-order valence-electron chi connectivity index (χ1n) is 5.66. The van der Waals surface area contributed by atoms with Crippen LogP contribution in [0.5, 0.6) is 0 Å². The number of benzene rings is 1. The quantitative estimate of drug-likeness (QED) is 0.565. The molecule has 0 spiro atoms. The van der Waals surface area contributed by atoms with Crippen LogP contribution >= 0.6 is 0 Å². The molecule has 1 rings (SSSR count). The van der Waals surface area contributed by atoms with Gasteiger partial charge in [-0.1, -0.05) is 25.1 Å². The third-order valence-corrected chi connectivity index (χ3v) is 3.79. The van der Waals surface area contributed by atoms with Crippen molar-refractivity contribution in [1.82, 2.24) is 4.72 Å².